The number of rotatable bonds is 20. The van der Waals surface area contributed by atoms with Gasteiger partial charge in [0.25, 0.3) is 17.1 Å². The molecule has 9 aromatic carbocycles. The number of aryl methyl sites for hydroxylation is 5. The molecule has 0 aromatic heterocycles. The summed E-state index contributed by atoms with van der Waals surface area (Å²) < 4.78 is 0. The number of amides is 4. The molecule has 31 nitrogen and oxygen atoms in total. The van der Waals surface area contributed by atoms with Crippen LogP contribution in [-0.2, 0) is 25.6 Å². The van der Waals surface area contributed by atoms with Crippen LogP contribution in [0.3, 0.4) is 0 Å². The van der Waals surface area contributed by atoms with E-state index in [1.807, 2.05) is 57.2 Å². The summed E-state index contributed by atoms with van der Waals surface area (Å²) in [7, 11) is 0. The van der Waals surface area contributed by atoms with Crippen LogP contribution in [0.2, 0.25) is 0 Å². The van der Waals surface area contributed by atoms with Gasteiger partial charge in [0.1, 0.15) is 5.56 Å². The number of nitrogens with zero attached hydrogens (tertiary/aromatic N) is 5. The standard InChI is InChI=1S/C24H20N4O8.2C15H11N2O4.C15H13NO4.4K.2H2O/c1-13-5-3-7-16(9-13)25-22(29)21(23(30)26-17-8-4-6-14(2)10-17)20-18(27(33)34)11-15(24(31)32)12-19(20)28(35)36;1-10-4-2-6-12(8-10)16-15(19)14-11(9-18)5-3-7-13(14)17(20)21;1-10-4-2-5-11(8-10)16-15(19)12-6-3-7-14(17(20)21)13(12)9-18;1-10-3-2-4-11(7-10)8-12-5-6-13(15(17)18)9-14(12)16(19)20;;;;;;/h3-12,21H,1-2H3,(H,25,29)(H,26,30)(H,31,32);2*2-8H,1H3,(H,16,19);2-7,9H,8H2,1H3,(H,17,18);;;;;2*1H2/q;2*-1;;4*+1;;/p-4. The van der Waals surface area contributed by atoms with Crippen molar-refractivity contribution in [3.8, 4) is 0 Å². The molecule has 0 radical (unpaired) electrons. The average Bonchev–Trinajstić information content (AvgIpc) is 0.749. The molecule has 0 saturated heterocycles. The van der Waals surface area contributed by atoms with Gasteiger partial charge in [-0.1, -0.05) is 108 Å². The topological polar surface area (TPSA) is 506 Å². The number of nitro benzene ring substituents is 5. The van der Waals surface area contributed by atoms with E-state index in [9.17, 15) is 99.1 Å². The molecule has 9 aromatic rings. The molecule has 514 valence electrons. The third-order valence-corrected chi connectivity index (χ3v) is 13.9. The van der Waals surface area contributed by atoms with Crippen molar-refractivity contribution in [2.45, 2.75) is 47.0 Å². The molecule has 104 heavy (non-hydrogen) atoms. The van der Waals surface area contributed by atoms with E-state index in [0.717, 1.165) is 45.5 Å². The number of carboxylic acid groups (broad SMARTS) is 2. The third-order valence-electron chi connectivity index (χ3n) is 13.9. The van der Waals surface area contributed by atoms with Crippen molar-refractivity contribution < 1.29 is 290 Å². The number of carboxylic acids is 2. The van der Waals surface area contributed by atoms with E-state index < -0.39 is 100.0 Å². The minimum Gasteiger partial charge on any atom is -0.870 e. The number of anilines is 4. The molecule has 6 N–H and O–H groups in total. The molecular weight excluding hydrogens is 1460 g/mol. The first kappa shape index (κ1) is 96.6. The van der Waals surface area contributed by atoms with Gasteiger partial charge in [0.2, 0.25) is 29.3 Å². The summed E-state index contributed by atoms with van der Waals surface area (Å²) in [4.78, 5) is 147. The van der Waals surface area contributed by atoms with Crippen molar-refractivity contribution in [2.75, 3.05) is 21.3 Å². The molecule has 0 bridgehead atoms. The Morgan fingerprint density at radius 3 is 1.14 bits per heavy atom. The Morgan fingerprint density at radius 1 is 0.394 bits per heavy atom. The predicted octanol–water partition coefficient (Wildman–Crippen LogP) is -2.41. The van der Waals surface area contributed by atoms with Gasteiger partial charge in [0, 0.05) is 79.5 Å². The summed E-state index contributed by atoms with van der Waals surface area (Å²) >= 11 is 0. The van der Waals surface area contributed by atoms with Gasteiger partial charge in [-0.25, -0.2) is 0 Å². The van der Waals surface area contributed by atoms with E-state index in [4.69, 9.17) is 0 Å². The third kappa shape index (κ3) is 28.1. The van der Waals surface area contributed by atoms with E-state index in [0.29, 0.717) is 35.5 Å². The number of hydrogen-bond acceptors (Lipinski definition) is 22. The van der Waals surface area contributed by atoms with Gasteiger partial charge < -0.3 is 61.6 Å². The summed E-state index contributed by atoms with van der Waals surface area (Å²) in [5, 5.41) is 88.7. The summed E-state index contributed by atoms with van der Waals surface area (Å²) in [5.41, 5.74) is 1.35. The summed E-state index contributed by atoms with van der Waals surface area (Å²) in [6, 6.07) is 47.1. The second kappa shape index (κ2) is 46.5. The van der Waals surface area contributed by atoms with Gasteiger partial charge in [-0.3, -0.25) is 69.7 Å². The molecule has 0 spiro atoms. The minimum atomic E-state index is -2.09. The Bertz CT molecular complexity index is 4600. The fourth-order valence-corrected chi connectivity index (χ4v) is 9.49. The maximum atomic E-state index is 13.3. The van der Waals surface area contributed by atoms with Crippen LogP contribution in [0, 0.1) is 85.2 Å². The van der Waals surface area contributed by atoms with E-state index >= 15 is 0 Å². The van der Waals surface area contributed by atoms with Gasteiger partial charge in [-0.15, -0.1) is 17.7 Å². The smallest absolute Gasteiger partial charge is 0.870 e. The average molecular weight is 1520 g/mol. The van der Waals surface area contributed by atoms with Crippen molar-refractivity contribution in [2.24, 2.45) is 0 Å². The first-order chi connectivity index (χ1) is 46.5. The predicted molar refractivity (Wildman–Crippen MR) is 356 cm³/mol. The Morgan fingerprint density at radius 2 is 0.760 bits per heavy atom. The minimum absolute atomic E-state index is 0. The fourth-order valence-electron chi connectivity index (χ4n) is 9.49. The number of nitro groups is 5. The molecule has 4 amide bonds. The number of hydrogen-bond donors (Lipinski definition) is 4. The Balaban J connectivity index is 0.00000138. The summed E-state index contributed by atoms with van der Waals surface area (Å²) in [6.45, 7) is 9.15. The number of benzene rings is 9. The molecular formula is C69H55K4N9O22-2. The number of aromatic carboxylic acids is 2. The maximum Gasteiger partial charge on any atom is 1.00 e. The van der Waals surface area contributed by atoms with Crippen LogP contribution in [0.4, 0.5) is 51.2 Å². The largest absolute Gasteiger partial charge is 1.00 e. The fraction of sp³-hybridized carbons (Fsp3) is 0.101. The quantitative estimate of drug-likeness (QED) is 0.0203. The van der Waals surface area contributed by atoms with Crippen molar-refractivity contribution >= 4 is 99.3 Å². The summed E-state index contributed by atoms with van der Waals surface area (Å²) in [5.74, 6) is -8.93. The first-order valence-electron chi connectivity index (χ1n) is 28.5. The van der Waals surface area contributed by atoms with Gasteiger partial charge in [0.15, 0.2) is 11.6 Å². The van der Waals surface area contributed by atoms with Crippen molar-refractivity contribution in [3.05, 3.63) is 317 Å². The van der Waals surface area contributed by atoms with E-state index in [2.05, 4.69) is 21.3 Å². The summed E-state index contributed by atoms with van der Waals surface area (Å²) in [6.07, 6.45) is 3.40. The Labute approximate surface area is 761 Å². The SMILES string of the molecule is Cc1cccc(Cc2ccc(C(=O)[O-])cc2[N+](=O)[O-])c1.Cc1cccc(NC(=O)C(C(=O)Nc2cccc(C)c2)c2c([N+](=O)[O-])cc(C(=O)[O-])cc2[N+](=O)[O-])c1.Cc1cccc(NC(=O)c2c([C-]=O)cccc2[N+](=O)[O-])c1.Cc1cccc(NC(=O)c2cccc([N+](=O)[O-])c2[C-]=O)c1.[K+].[K+].[K+].[K+].[OH-].[OH-]. The number of carbonyl (C=O) groups excluding carboxylic acids is 8. The number of carbonyl (C=O) groups is 6. The van der Waals surface area contributed by atoms with E-state index in [1.54, 1.807) is 92.9 Å². The molecule has 9 rings (SSSR count). The Hall–Kier alpha value is -7.39. The van der Waals surface area contributed by atoms with Crippen LogP contribution in [0.1, 0.15) is 103 Å². The van der Waals surface area contributed by atoms with Crippen LogP contribution in [0.25, 0.3) is 0 Å². The van der Waals surface area contributed by atoms with Crippen molar-refractivity contribution in [1.82, 2.24) is 0 Å². The molecule has 0 aliphatic heterocycles. The van der Waals surface area contributed by atoms with Crippen LogP contribution < -0.4 is 237 Å². The molecule has 0 saturated carbocycles. The molecule has 0 atom stereocenters. The zero-order valence-corrected chi connectivity index (χ0v) is 69.5. The van der Waals surface area contributed by atoms with Gasteiger partial charge >= 0.3 is 206 Å². The first-order valence-corrected chi connectivity index (χ1v) is 28.5. The molecule has 0 fully saturated rings. The van der Waals surface area contributed by atoms with Crippen molar-refractivity contribution in [3.63, 3.8) is 0 Å². The molecule has 35 heteroatoms. The van der Waals surface area contributed by atoms with E-state index in [1.165, 1.54) is 60.9 Å². The zero-order valence-electron chi connectivity index (χ0n) is 57.0. The molecule has 0 heterocycles. The van der Waals surface area contributed by atoms with Crippen LogP contribution in [-0.4, -0.2) is 83.7 Å². The second-order valence-corrected chi connectivity index (χ2v) is 21.2. The molecule has 0 aliphatic rings. The van der Waals surface area contributed by atoms with Crippen LogP contribution >= 0.6 is 0 Å². The van der Waals surface area contributed by atoms with Gasteiger partial charge in [-0.05, 0) is 123 Å². The normalized spacial score (nSPS) is 9.63. The van der Waals surface area contributed by atoms with Crippen LogP contribution in [0.15, 0.2) is 188 Å². The van der Waals surface area contributed by atoms with Crippen LogP contribution in [0.5, 0.6) is 0 Å². The van der Waals surface area contributed by atoms with Gasteiger partial charge in [0.05, 0.1) is 39.3 Å². The monoisotopic (exact) mass is 1520 g/mol. The Kier molecular flexibility index (Phi) is 43.2. The number of nitrogens with one attached hydrogen (secondary N) is 4. The molecule has 0 aliphatic carbocycles. The second-order valence-electron chi connectivity index (χ2n) is 21.2. The zero-order chi connectivity index (χ0) is 72.1. The van der Waals surface area contributed by atoms with Gasteiger partial charge in [-0.2, -0.15) is 6.07 Å². The van der Waals surface area contributed by atoms with E-state index in [-0.39, 0.29) is 261 Å². The molecule has 0 unspecified atom stereocenters. The maximum absolute atomic E-state index is 13.3. The van der Waals surface area contributed by atoms with Crippen molar-refractivity contribution in [1.29, 1.82) is 0 Å².